The van der Waals surface area contributed by atoms with Gasteiger partial charge in [0.05, 0.1) is 23.7 Å². The van der Waals surface area contributed by atoms with Gasteiger partial charge < -0.3 is 20.5 Å². The predicted octanol–water partition coefficient (Wildman–Crippen LogP) is 2.38. The van der Waals surface area contributed by atoms with E-state index < -0.39 is 11.9 Å². The molecule has 1 aromatic carbocycles. The molecule has 3 N–H and O–H groups in total. The first kappa shape index (κ1) is 17.0. The van der Waals surface area contributed by atoms with E-state index in [9.17, 15) is 9.18 Å². The van der Waals surface area contributed by atoms with Gasteiger partial charge in [0.2, 0.25) is 0 Å². The molecule has 1 heterocycles. The summed E-state index contributed by atoms with van der Waals surface area (Å²) in [4.78, 5) is 11.9. The van der Waals surface area contributed by atoms with E-state index in [1.807, 2.05) is 6.92 Å². The molecule has 1 saturated heterocycles. The monoisotopic (exact) mass is 330 g/mol. The molecular weight excluding hydrogens is 311 g/mol. The summed E-state index contributed by atoms with van der Waals surface area (Å²) in [5, 5.41) is 14.7. The third-order valence-corrected chi connectivity index (χ3v) is 4.04. The first-order valence-corrected chi connectivity index (χ1v) is 7.67. The van der Waals surface area contributed by atoms with Crippen LogP contribution in [-0.2, 0) is 4.74 Å². The van der Waals surface area contributed by atoms with Crippen molar-refractivity contribution in [1.29, 1.82) is 0 Å². The zero-order valence-electron chi connectivity index (χ0n) is 12.3. The lowest BCUT2D eigenvalue weighted by Gasteiger charge is -2.22. The molecule has 3 atom stereocenters. The number of carbonyl (C=O) groups excluding carboxylic acids is 1. The SMILES string of the molecule is CCC(CO)NC(=O)NC1CCOC1c1ccc(Cl)c(F)c1. The van der Waals surface area contributed by atoms with Crippen LogP contribution in [0.4, 0.5) is 9.18 Å². The number of aliphatic hydroxyl groups is 1. The van der Waals surface area contributed by atoms with Crippen LogP contribution in [0.5, 0.6) is 0 Å². The Hall–Kier alpha value is -1.37. The highest BCUT2D eigenvalue weighted by Crippen LogP contribution is 2.31. The molecule has 1 aromatic rings. The fourth-order valence-electron chi connectivity index (χ4n) is 2.43. The van der Waals surface area contributed by atoms with Gasteiger partial charge in [0, 0.05) is 6.61 Å². The molecule has 0 aliphatic carbocycles. The summed E-state index contributed by atoms with van der Waals surface area (Å²) in [6.45, 7) is 2.24. The summed E-state index contributed by atoms with van der Waals surface area (Å²) in [5.74, 6) is -0.510. The molecule has 3 unspecified atom stereocenters. The Morgan fingerprint density at radius 2 is 2.36 bits per heavy atom. The van der Waals surface area contributed by atoms with Gasteiger partial charge in [-0.1, -0.05) is 24.6 Å². The molecule has 0 spiro atoms. The molecule has 0 bridgehead atoms. The van der Waals surface area contributed by atoms with Gasteiger partial charge in [-0.15, -0.1) is 0 Å². The Kier molecular flexibility index (Phi) is 5.99. The number of ether oxygens (including phenoxy) is 1. The summed E-state index contributed by atoms with van der Waals surface area (Å²) >= 11 is 5.68. The molecule has 1 aliphatic heterocycles. The molecule has 0 radical (unpaired) electrons. The molecule has 0 aromatic heterocycles. The van der Waals surface area contributed by atoms with Gasteiger partial charge in [-0.3, -0.25) is 0 Å². The average molecular weight is 331 g/mol. The number of rotatable bonds is 5. The third kappa shape index (κ3) is 4.09. The average Bonchev–Trinajstić information content (AvgIpc) is 2.95. The van der Waals surface area contributed by atoms with E-state index in [1.165, 1.54) is 12.1 Å². The van der Waals surface area contributed by atoms with E-state index >= 15 is 0 Å². The number of hydrogen-bond acceptors (Lipinski definition) is 3. The number of carbonyl (C=O) groups is 1. The number of benzene rings is 1. The second kappa shape index (κ2) is 7.76. The lowest BCUT2D eigenvalue weighted by Crippen LogP contribution is -2.48. The van der Waals surface area contributed by atoms with Crippen molar-refractivity contribution in [2.24, 2.45) is 0 Å². The number of hydrogen-bond donors (Lipinski definition) is 3. The second-order valence-electron chi connectivity index (χ2n) is 5.27. The highest BCUT2D eigenvalue weighted by Gasteiger charge is 2.31. The molecule has 0 saturated carbocycles. The van der Waals surface area contributed by atoms with Crippen molar-refractivity contribution >= 4 is 17.6 Å². The number of nitrogens with one attached hydrogen (secondary N) is 2. The van der Waals surface area contributed by atoms with E-state index in [0.29, 0.717) is 25.0 Å². The standard InChI is InChI=1S/C15H20ClFN2O3/c1-2-10(8-20)18-15(21)19-13-5-6-22-14(13)9-3-4-11(16)12(17)7-9/h3-4,7,10,13-14,20H,2,5-6,8H2,1H3,(H2,18,19,21). The van der Waals surface area contributed by atoms with Crippen molar-refractivity contribution in [2.75, 3.05) is 13.2 Å². The first-order chi connectivity index (χ1) is 10.5. The summed E-state index contributed by atoms with van der Waals surface area (Å²) in [6.07, 6.45) is 0.863. The Labute approximate surface area is 133 Å². The summed E-state index contributed by atoms with van der Waals surface area (Å²) in [7, 11) is 0. The molecule has 1 fully saturated rings. The van der Waals surface area contributed by atoms with Crippen molar-refractivity contribution in [3.8, 4) is 0 Å². The number of amides is 2. The van der Waals surface area contributed by atoms with Crippen LogP contribution in [0.3, 0.4) is 0 Å². The van der Waals surface area contributed by atoms with Crippen molar-refractivity contribution in [2.45, 2.75) is 38.0 Å². The van der Waals surface area contributed by atoms with Gasteiger partial charge in [-0.2, -0.15) is 0 Å². The topological polar surface area (TPSA) is 70.6 Å². The van der Waals surface area contributed by atoms with Gasteiger partial charge in [-0.05, 0) is 30.5 Å². The van der Waals surface area contributed by atoms with Crippen LogP contribution < -0.4 is 10.6 Å². The molecule has 7 heteroatoms. The number of aliphatic hydroxyl groups excluding tert-OH is 1. The zero-order chi connectivity index (χ0) is 16.1. The maximum Gasteiger partial charge on any atom is 0.315 e. The second-order valence-corrected chi connectivity index (χ2v) is 5.67. The van der Waals surface area contributed by atoms with Gasteiger partial charge >= 0.3 is 6.03 Å². The normalized spacial score (nSPS) is 22.4. The van der Waals surface area contributed by atoms with Crippen LogP contribution in [0.25, 0.3) is 0 Å². The van der Waals surface area contributed by atoms with Crippen molar-refractivity contribution in [3.05, 3.63) is 34.6 Å². The number of halogens is 2. The van der Waals surface area contributed by atoms with Gasteiger partial charge in [0.15, 0.2) is 0 Å². The lowest BCUT2D eigenvalue weighted by molar-refractivity contribution is 0.0994. The van der Waals surface area contributed by atoms with E-state index in [1.54, 1.807) is 6.07 Å². The number of urea groups is 1. The van der Waals surface area contributed by atoms with E-state index in [2.05, 4.69) is 10.6 Å². The molecule has 1 aliphatic rings. The van der Waals surface area contributed by atoms with Crippen molar-refractivity contribution in [1.82, 2.24) is 10.6 Å². The molecule has 2 rings (SSSR count). The Balaban J connectivity index is 2.01. The Bertz CT molecular complexity index is 526. The van der Waals surface area contributed by atoms with Crippen LogP contribution in [0.15, 0.2) is 18.2 Å². The minimum absolute atomic E-state index is 0.0535. The van der Waals surface area contributed by atoms with E-state index in [0.717, 1.165) is 0 Å². The van der Waals surface area contributed by atoms with Gasteiger partial charge in [0.25, 0.3) is 0 Å². The zero-order valence-corrected chi connectivity index (χ0v) is 13.1. The highest BCUT2D eigenvalue weighted by molar-refractivity contribution is 6.30. The van der Waals surface area contributed by atoms with Crippen LogP contribution in [-0.4, -0.2) is 36.4 Å². The molecule has 122 valence electrons. The van der Waals surface area contributed by atoms with Gasteiger partial charge in [0.1, 0.15) is 11.9 Å². The maximum absolute atomic E-state index is 13.6. The minimum Gasteiger partial charge on any atom is -0.394 e. The van der Waals surface area contributed by atoms with E-state index in [-0.39, 0.29) is 29.7 Å². The van der Waals surface area contributed by atoms with Crippen LogP contribution in [0.2, 0.25) is 5.02 Å². The predicted molar refractivity (Wildman–Crippen MR) is 81.3 cm³/mol. The Morgan fingerprint density at radius 1 is 1.59 bits per heavy atom. The smallest absolute Gasteiger partial charge is 0.315 e. The maximum atomic E-state index is 13.6. The molecular formula is C15H20ClFN2O3. The van der Waals surface area contributed by atoms with Crippen molar-refractivity contribution in [3.63, 3.8) is 0 Å². The fourth-order valence-corrected chi connectivity index (χ4v) is 2.55. The summed E-state index contributed by atoms with van der Waals surface area (Å²) in [5.41, 5.74) is 0.638. The molecule has 2 amide bonds. The van der Waals surface area contributed by atoms with Gasteiger partial charge in [-0.25, -0.2) is 9.18 Å². The molecule has 5 nitrogen and oxygen atoms in total. The lowest BCUT2D eigenvalue weighted by atomic mass is 10.0. The summed E-state index contributed by atoms with van der Waals surface area (Å²) < 4.78 is 19.2. The van der Waals surface area contributed by atoms with Crippen LogP contribution in [0, 0.1) is 5.82 Å². The fraction of sp³-hybridized carbons (Fsp3) is 0.533. The minimum atomic E-state index is -0.510. The quantitative estimate of drug-likeness (QED) is 0.776. The first-order valence-electron chi connectivity index (χ1n) is 7.29. The van der Waals surface area contributed by atoms with E-state index in [4.69, 9.17) is 21.4 Å². The van der Waals surface area contributed by atoms with Crippen LogP contribution in [0.1, 0.15) is 31.4 Å². The highest BCUT2D eigenvalue weighted by atomic mass is 35.5. The largest absolute Gasteiger partial charge is 0.394 e. The molecule has 22 heavy (non-hydrogen) atoms. The van der Waals surface area contributed by atoms with Crippen molar-refractivity contribution < 1.29 is 19.0 Å². The van der Waals surface area contributed by atoms with Crippen LogP contribution >= 0.6 is 11.6 Å². The third-order valence-electron chi connectivity index (χ3n) is 3.73. The summed E-state index contributed by atoms with van der Waals surface area (Å²) in [6, 6.07) is 3.59. The Morgan fingerprint density at radius 3 is 3.00 bits per heavy atom.